The average molecular weight is 416 g/mol. The van der Waals surface area contributed by atoms with Crippen molar-refractivity contribution < 1.29 is 31.1 Å². The van der Waals surface area contributed by atoms with Crippen LogP contribution in [0.4, 0.5) is 18.9 Å². The van der Waals surface area contributed by atoms with Gasteiger partial charge in [0.15, 0.2) is 0 Å². The number of nitrogens with one attached hydrogen (secondary N) is 1. The lowest BCUT2D eigenvalue weighted by Crippen LogP contribution is -2.35. The van der Waals surface area contributed by atoms with E-state index in [0.29, 0.717) is 5.69 Å². The van der Waals surface area contributed by atoms with Crippen LogP contribution in [-0.2, 0) is 14.8 Å². The van der Waals surface area contributed by atoms with Gasteiger partial charge in [-0.05, 0) is 49.2 Å². The SMILES string of the molecule is Cc1cccc(C)c1NC(=O)CN(C)S(=O)(=O)c1ccc(OC(F)(F)F)cc1. The van der Waals surface area contributed by atoms with E-state index in [0.717, 1.165) is 39.7 Å². The van der Waals surface area contributed by atoms with Gasteiger partial charge in [-0.25, -0.2) is 8.42 Å². The van der Waals surface area contributed by atoms with Gasteiger partial charge in [0.05, 0.1) is 11.4 Å². The molecule has 0 unspecified atom stereocenters. The molecule has 2 aromatic carbocycles. The Bertz CT molecular complexity index is 938. The lowest BCUT2D eigenvalue weighted by molar-refractivity contribution is -0.274. The lowest BCUT2D eigenvalue weighted by atomic mass is 10.1. The Hall–Kier alpha value is -2.59. The zero-order valence-electron chi connectivity index (χ0n) is 15.4. The van der Waals surface area contributed by atoms with Crippen LogP contribution < -0.4 is 10.1 Å². The highest BCUT2D eigenvalue weighted by atomic mass is 32.2. The molecule has 0 radical (unpaired) electrons. The molecule has 0 aromatic heterocycles. The molecule has 152 valence electrons. The molecule has 0 aliphatic heterocycles. The van der Waals surface area contributed by atoms with Crippen molar-refractivity contribution >= 4 is 21.6 Å². The third kappa shape index (κ3) is 5.46. The molecular formula is C18H19F3N2O4S. The molecule has 0 spiro atoms. The Morgan fingerprint density at radius 1 is 1.07 bits per heavy atom. The van der Waals surface area contributed by atoms with E-state index in [4.69, 9.17) is 0 Å². The van der Waals surface area contributed by atoms with E-state index in [-0.39, 0.29) is 4.90 Å². The largest absolute Gasteiger partial charge is 0.573 e. The van der Waals surface area contributed by atoms with Gasteiger partial charge in [-0.15, -0.1) is 13.2 Å². The van der Waals surface area contributed by atoms with Gasteiger partial charge in [0, 0.05) is 12.7 Å². The molecule has 1 N–H and O–H groups in total. The molecule has 0 fully saturated rings. The summed E-state index contributed by atoms with van der Waals surface area (Å²) in [6.45, 7) is 3.16. The predicted octanol–water partition coefficient (Wildman–Crippen LogP) is 3.46. The number of carbonyl (C=O) groups is 1. The van der Waals surface area contributed by atoms with Gasteiger partial charge in [-0.2, -0.15) is 4.31 Å². The van der Waals surface area contributed by atoms with Gasteiger partial charge in [0.1, 0.15) is 5.75 Å². The van der Waals surface area contributed by atoms with Crippen molar-refractivity contribution in [1.82, 2.24) is 4.31 Å². The van der Waals surface area contributed by atoms with Crippen LogP contribution in [-0.4, -0.2) is 38.6 Å². The summed E-state index contributed by atoms with van der Waals surface area (Å²) in [7, 11) is -2.86. The van der Waals surface area contributed by atoms with Gasteiger partial charge in [0.25, 0.3) is 0 Å². The number of sulfonamides is 1. The Morgan fingerprint density at radius 3 is 2.11 bits per heavy atom. The number of halogens is 3. The molecule has 2 rings (SSSR count). The van der Waals surface area contributed by atoms with Gasteiger partial charge in [-0.1, -0.05) is 18.2 Å². The van der Waals surface area contributed by atoms with E-state index in [2.05, 4.69) is 10.1 Å². The number of nitrogens with zero attached hydrogens (tertiary/aromatic N) is 1. The van der Waals surface area contributed by atoms with Gasteiger partial charge in [0.2, 0.25) is 15.9 Å². The monoisotopic (exact) mass is 416 g/mol. The maximum Gasteiger partial charge on any atom is 0.573 e. The van der Waals surface area contributed by atoms with Crippen molar-refractivity contribution in [1.29, 1.82) is 0 Å². The van der Waals surface area contributed by atoms with Crippen LogP contribution in [0.2, 0.25) is 0 Å². The standard InChI is InChI=1S/C18H19F3N2O4S/c1-12-5-4-6-13(2)17(12)22-16(24)11-23(3)28(25,26)15-9-7-14(8-10-15)27-18(19,20)21/h4-10H,11H2,1-3H3,(H,22,24). The molecular weight excluding hydrogens is 397 g/mol. The third-order valence-electron chi connectivity index (χ3n) is 3.88. The second kappa shape index (κ2) is 8.19. The number of ether oxygens (including phenoxy) is 1. The molecule has 0 saturated carbocycles. The predicted molar refractivity (Wildman–Crippen MR) is 97.5 cm³/mol. The van der Waals surface area contributed by atoms with E-state index in [1.807, 2.05) is 32.0 Å². The average Bonchev–Trinajstić information content (AvgIpc) is 2.57. The van der Waals surface area contributed by atoms with E-state index < -0.39 is 34.6 Å². The molecule has 0 aliphatic carbocycles. The number of aryl methyl sites for hydroxylation is 2. The minimum atomic E-state index is -4.87. The topological polar surface area (TPSA) is 75.7 Å². The van der Waals surface area contributed by atoms with Crippen LogP contribution in [0.3, 0.4) is 0 Å². The third-order valence-corrected chi connectivity index (χ3v) is 5.69. The first-order chi connectivity index (χ1) is 12.9. The first-order valence-corrected chi connectivity index (χ1v) is 9.52. The first kappa shape index (κ1) is 21.7. The Kier molecular flexibility index (Phi) is 6.35. The minimum Gasteiger partial charge on any atom is -0.406 e. The van der Waals surface area contributed by atoms with Crippen LogP contribution in [0.15, 0.2) is 47.4 Å². The van der Waals surface area contributed by atoms with Gasteiger partial charge < -0.3 is 10.1 Å². The van der Waals surface area contributed by atoms with Gasteiger partial charge in [-0.3, -0.25) is 4.79 Å². The van der Waals surface area contributed by atoms with E-state index in [9.17, 15) is 26.4 Å². The normalized spacial score (nSPS) is 12.1. The smallest absolute Gasteiger partial charge is 0.406 e. The van der Waals surface area contributed by atoms with E-state index in [1.54, 1.807) is 0 Å². The highest BCUT2D eigenvalue weighted by Gasteiger charge is 2.31. The van der Waals surface area contributed by atoms with Crippen LogP contribution in [0.1, 0.15) is 11.1 Å². The molecule has 0 aliphatic rings. The summed E-state index contributed by atoms with van der Waals surface area (Å²) >= 11 is 0. The van der Waals surface area contributed by atoms with Crippen molar-refractivity contribution in [3.05, 3.63) is 53.6 Å². The number of likely N-dealkylation sites (N-methyl/N-ethyl adjacent to an activating group) is 1. The number of hydrogen-bond acceptors (Lipinski definition) is 4. The second-order valence-corrected chi connectivity index (χ2v) is 8.14. The maximum absolute atomic E-state index is 12.5. The summed E-state index contributed by atoms with van der Waals surface area (Å²) in [5.74, 6) is -1.08. The summed E-state index contributed by atoms with van der Waals surface area (Å²) in [6, 6.07) is 9.22. The summed E-state index contributed by atoms with van der Waals surface area (Å²) in [5, 5.41) is 2.68. The van der Waals surface area contributed by atoms with Crippen molar-refractivity contribution in [3.8, 4) is 5.75 Å². The number of carbonyl (C=O) groups excluding carboxylic acids is 1. The molecule has 0 atom stereocenters. The van der Waals surface area contributed by atoms with Crippen molar-refractivity contribution in [2.75, 3.05) is 18.9 Å². The first-order valence-electron chi connectivity index (χ1n) is 8.08. The highest BCUT2D eigenvalue weighted by molar-refractivity contribution is 7.89. The minimum absolute atomic E-state index is 0.260. The maximum atomic E-state index is 12.5. The summed E-state index contributed by atoms with van der Waals surface area (Å²) in [6.07, 6.45) is -4.87. The summed E-state index contributed by atoms with van der Waals surface area (Å²) < 4.78 is 66.2. The molecule has 6 nitrogen and oxygen atoms in total. The van der Waals surface area contributed by atoms with Crippen molar-refractivity contribution in [2.24, 2.45) is 0 Å². The number of rotatable bonds is 6. The lowest BCUT2D eigenvalue weighted by Gasteiger charge is -2.18. The quantitative estimate of drug-likeness (QED) is 0.783. The van der Waals surface area contributed by atoms with Crippen molar-refractivity contribution in [3.63, 3.8) is 0 Å². The van der Waals surface area contributed by atoms with Crippen LogP contribution >= 0.6 is 0 Å². The van der Waals surface area contributed by atoms with E-state index in [1.165, 1.54) is 7.05 Å². The number of amides is 1. The fraction of sp³-hybridized carbons (Fsp3) is 0.278. The Labute approximate surface area is 161 Å². The highest BCUT2D eigenvalue weighted by Crippen LogP contribution is 2.25. The fourth-order valence-electron chi connectivity index (χ4n) is 2.47. The zero-order valence-corrected chi connectivity index (χ0v) is 16.2. The molecule has 0 bridgehead atoms. The Morgan fingerprint density at radius 2 is 1.61 bits per heavy atom. The number of alkyl halides is 3. The van der Waals surface area contributed by atoms with E-state index >= 15 is 0 Å². The van der Waals surface area contributed by atoms with Crippen molar-refractivity contribution in [2.45, 2.75) is 25.1 Å². The zero-order chi connectivity index (χ0) is 21.1. The van der Waals surface area contributed by atoms with Crippen LogP contribution in [0, 0.1) is 13.8 Å². The molecule has 10 heteroatoms. The number of para-hydroxylation sites is 1. The number of hydrogen-bond donors (Lipinski definition) is 1. The van der Waals surface area contributed by atoms with Crippen LogP contribution in [0.25, 0.3) is 0 Å². The number of benzene rings is 2. The summed E-state index contributed by atoms with van der Waals surface area (Å²) in [5.41, 5.74) is 2.27. The Balaban J connectivity index is 2.10. The fourth-order valence-corrected chi connectivity index (χ4v) is 3.60. The molecule has 1 amide bonds. The second-order valence-electron chi connectivity index (χ2n) is 6.10. The van der Waals surface area contributed by atoms with Gasteiger partial charge >= 0.3 is 6.36 Å². The molecule has 0 heterocycles. The molecule has 0 saturated heterocycles. The summed E-state index contributed by atoms with van der Waals surface area (Å²) in [4.78, 5) is 12.0. The molecule has 28 heavy (non-hydrogen) atoms. The van der Waals surface area contributed by atoms with Crippen LogP contribution in [0.5, 0.6) is 5.75 Å². The molecule has 2 aromatic rings. The number of anilines is 1.